The Hall–Kier alpha value is -3.99. The zero-order valence-corrected chi connectivity index (χ0v) is 20.4. The van der Waals surface area contributed by atoms with Gasteiger partial charge in [-0.1, -0.05) is 17.8 Å². The number of carbonyl (C=O) groups excluding carboxylic acids is 1. The van der Waals surface area contributed by atoms with Crippen molar-refractivity contribution in [1.82, 2.24) is 29.1 Å². The summed E-state index contributed by atoms with van der Waals surface area (Å²) in [6, 6.07) is 10.7. The number of hydrogen-bond acceptors (Lipinski definition) is 9. The van der Waals surface area contributed by atoms with E-state index in [2.05, 4.69) is 15.0 Å². The fourth-order valence-electron chi connectivity index (χ4n) is 3.70. The first-order valence-electron chi connectivity index (χ1n) is 10.8. The van der Waals surface area contributed by atoms with Gasteiger partial charge in [0.15, 0.2) is 28.9 Å². The Morgan fingerprint density at radius 3 is 2.63 bits per heavy atom. The third kappa shape index (κ3) is 4.30. The standard InChI is InChI=1S/C24H22N6O4S/c1-24(2,3)34-19(31)13-33-14-8-9-17-15(11-14)21-27-20-16(12-26-23(28-20)35-4)22(32)30(21)29(17)18-7-5-6-10-25-18/h5-12H,13H2,1-4H3. The molecule has 0 fully saturated rings. The van der Waals surface area contributed by atoms with E-state index >= 15 is 0 Å². The van der Waals surface area contributed by atoms with Crippen LogP contribution in [0.4, 0.5) is 0 Å². The van der Waals surface area contributed by atoms with Crippen molar-refractivity contribution >= 4 is 45.3 Å². The van der Waals surface area contributed by atoms with Gasteiger partial charge in [0.1, 0.15) is 16.7 Å². The van der Waals surface area contributed by atoms with Crippen molar-refractivity contribution in [1.29, 1.82) is 0 Å². The molecule has 10 nitrogen and oxygen atoms in total. The average molecular weight is 491 g/mol. The van der Waals surface area contributed by atoms with Crippen LogP contribution >= 0.6 is 11.8 Å². The number of carbonyl (C=O) groups is 1. The quantitative estimate of drug-likeness (QED) is 0.208. The van der Waals surface area contributed by atoms with E-state index in [1.165, 1.54) is 22.5 Å². The first kappa shape index (κ1) is 22.8. The van der Waals surface area contributed by atoms with Gasteiger partial charge in [-0.3, -0.25) is 4.79 Å². The smallest absolute Gasteiger partial charge is 0.344 e. The number of rotatable bonds is 5. The van der Waals surface area contributed by atoms with Gasteiger partial charge in [0.05, 0.1) is 5.52 Å². The number of fused-ring (bicyclic) bond motifs is 4. The maximum Gasteiger partial charge on any atom is 0.344 e. The lowest BCUT2D eigenvalue weighted by Gasteiger charge is -2.19. The van der Waals surface area contributed by atoms with E-state index in [1.807, 2.05) is 12.3 Å². The Morgan fingerprint density at radius 1 is 1.09 bits per heavy atom. The number of hydrogen-bond donors (Lipinski definition) is 0. The van der Waals surface area contributed by atoms with Crippen LogP contribution in [0.15, 0.2) is 58.7 Å². The molecule has 0 bridgehead atoms. The summed E-state index contributed by atoms with van der Waals surface area (Å²) in [6.07, 6.45) is 5.00. The van der Waals surface area contributed by atoms with Crippen LogP contribution in [0.5, 0.6) is 5.75 Å². The zero-order chi connectivity index (χ0) is 24.7. The Labute approximate surface area is 203 Å². The summed E-state index contributed by atoms with van der Waals surface area (Å²) in [5.41, 5.74) is 0.442. The molecule has 4 heterocycles. The summed E-state index contributed by atoms with van der Waals surface area (Å²) in [5, 5.41) is 1.45. The lowest BCUT2D eigenvalue weighted by molar-refractivity contribution is -0.157. The van der Waals surface area contributed by atoms with Crippen LogP contribution < -0.4 is 10.3 Å². The first-order valence-corrected chi connectivity index (χ1v) is 12.0. The predicted molar refractivity (Wildman–Crippen MR) is 132 cm³/mol. The largest absolute Gasteiger partial charge is 0.482 e. The highest BCUT2D eigenvalue weighted by Crippen LogP contribution is 2.28. The van der Waals surface area contributed by atoms with E-state index in [-0.39, 0.29) is 12.2 Å². The van der Waals surface area contributed by atoms with Gasteiger partial charge in [0.25, 0.3) is 5.56 Å². The van der Waals surface area contributed by atoms with Crippen molar-refractivity contribution in [2.75, 3.05) is 12.9 Å². The number of benzene rings is 1. The monoisotopic (exact) mass is 490 g/mol. The van der Waals surface area contributed by atoms with Gasteiger partial charge in [0, 0.05) is 17.8 Å². The highest BCUT2D eigenvalue weighted by atomic mass is 32.2. The summed E-state index contributed by atoms with van der Waals surface area (Å²) >= 11 is 1.37. The van der Waals surface area contributed by atoms with Gasteiger partial charge in [-0.15, -0.1) is 0 Å². The molecule has 5 rings (SSSR count). The normalized spacial score (nSPS) is 11.9. The van der Waals surface area contributed by atoms with Crippen LogP contribution in [0.1, 0.15) is 20.8 Å². The van der Waals surface area contributed by atoms with Crippen LogP contribution in [0.3, 0.4) is 0 Å². The third-order valence-corrected chi connectivity index (χ3v) is 5.61. The van der Waals surface area contributed by atoms with Gasteiger partial charge < -0.3 is 9.47 Å². The van der Waals surface area contributed by atoms with Gasteiger partial charge in [-0.05, 0) is 57.4 Å². The first-order chi connectivity index (χ1) is 16.7. The molecule has 0 aliphatic heterocycles. The molecule has 0 aliphatic carbocycles. The summed E-state index contributed by atoms with van der Waals surface area (Å²) in [5.74, 6) is 0.501. The molecule has 0 saturated carbocycles. The lowest BCUT2D eigenvalue weighted by Crippen LogP contribution is -2.27. The molecule has 0 spiro atoms. The molecule has 1 aromatic carbocycles. The molecule has 0 N–H and O–H groups in total. The van der Waals surface area contributed by atoms with Gasteiger partial charge in [-0.2, -0.15) is 4.52 Å². The number of pyridine rings is 1. The molecule has 5 aromatic rings. The minimum atomic E-state index is -0.607. The number of nitrogens with zero attached hydrogens (tertiary/aromatic N) is 6. The number of aromatic nitrogens is 6. The maximum absolute atomic E-state index is 13.6. The van der Waals surface area contributed by atoms with E-state index in [9.17, 15) is 9.59 Å². The van der Waals surface area contributed by atoms with Crippen LogP contribution in [0.25, 0.3) is 33.4 Å². The number of ether oxygens (including phenoxy) is 2. The topological polar surface area (TPSA) is 114 Å². The molecule has 0 saturated heterocycles. The summed E-state index contributed by atoms with van der Waals surface area (Å²) in [7, 11) is 0. The molecular weight excluding hydrogens is 468 g/mol. The molecule has 0 unspecified atom stereocenters. The summed E-state index contributed by atoms with van der Waals surface area (Å²) in [6.45, 7) is 5.14. The fourth-order valence-corrected chi connectivity index (χ4v) is 4.04. The SMILES string of the molecule is CSc1ncc2c(=O)n3c(nc2n1)c1cc(OCC(=O)OC(C)(C)C)ccc1n3-c1ccccn1. The lowest BCUT2D eigenvalue weighted by atomic mass is 10.2. The van der Waals surface area contributed by atoms with Crippen LogP contribution in [0, 0.1) is 0 Å². The molecule has 4 aromatic heterocycles. The summed E-state index contributed by atoms with van der Waals surface area (Å²) in [4.78, 5) is 43.5. The van der Waals surface area contributed by atoms with E-state index in [1.54, 1.807) is 62.0 Å². The fraction of sp³-hybridized carbons (Fsp3) is 0.250. The second kappa shape index (κ2) is 8.66. The van der Waals surface area contributed by atoms with Crippen LogP contribution in [-0.2, 0) is 9.53 Å². The van der Waals surface area contributed by atoms with Crippen molar-refractivity contribution in [3.8, 4) is 11.6 Å². The average Bonchev–Trinajstić information content (AvgIpc) is 3.16. The molecule has 0 aliphatic rings. The molecule has 0 amide bonds. The Balaban J connectivity index is 1.71. The minimum Gasteiger partial charge on any atom is -0.482 e. The maximum atomic E-state index is 13.6. The number of esters is 1. The van der Waals surface area contributed by atoms with E-state index in [0.717, 1.165) is 0 Å². The molecule has 0 atom stereocenters. The van der Waals surface area contributed by atoms with Crippen molar-refractivity contribution in [2.24, 2.45) is 0 Å². The predicted octanol–water partition coefficient (Wildman–Crippen LogP) is 3.42. The Morgan fingerprint density at radius 2 is 1.91 bits per heavy atom. The van der Waals surface area contributed by atoms with Crippen molar-refractivity contribution < 1.29 is 14.3 Å². The van der Waals surface area contributed by atoms with Crippen LogP contribution in [-0.4, -0.2) is 53.6 Å². The number of thioether (sulfide) groups is 1. The zero-order valence-electron chi connectivity index (χ0n) is 19.6. The molecular formula is C24H22N6O4S. The molecule has 11 heteroatoms. The van der Waals surface area contributed by atoms with Gasteiger partial charge in [0.2, 0.25) is 0 Å². The molecule has 35 heavy (non-hydrogen) atoms. The van der Waals surface area contributed by atoms with Crippen molar-refractivity contribution in [2.45, 2.75) is 31.5 Å². The summed E-state index contributed by atoms with van der Waals surface area (Å²) < 4.78 is 14.2. The highest BCUT2D eigenvalue weighted by Gasteiger charge is 2.20. The van der Waals surface area contributed by atoms with Crippen molar-refractivity contribution in [3.63, 3.8) is 0 Å². The minimum absolute atomic E-state index is 0.248. The van der Waals surface area contributed by atoms with E-state index in [4.69, 9.17) is 14.5 Å². The van der Waals surface area contributed by atoms with Gasteiger partial charge >= 0.3 is 5.97 Å². The second-order valence-electron chi connectivity index (χ2n) is 8.70. The highest BCUT2D eigenvalue weighted by molar-refractivity contribution is 7.98. The Bertz CT molecular complexity index is 1640. The molecule has 178 valence electrons. The Kier molecular flexibility index (Phi) is 5.64. The van der Waals surface area contributed by atoms with Gasteiger partial charge in [-0.25, -0.2) is 29.4 Å². The van der Waals surface area contributed by atoms with Crippen LogP contribution in [0.2, 0.25) is 0 Å². The second-order valence-corrected chi connectivity index (χ2v) is 9.47. The third-order valence-electron chi connectivity index (χ3n) is 5.04. The van der Waals surface area contributed by atoms with Crippen molar-refractivity contribution in [3.05, 3.63) is 59.1 Å². The molecule has 0 radical (unpaired) electrons. The van der Waals surface area contributed by atoms with E-state index in [0.29, 0.717) is 44.3 Å². The van der Waals surface area contributed by atoms with E-state index < -0.39 is 11.6 Å².